The molecule has 0 fully saturated rings. The highest BCUT2D eigenvalue weighted by molar-refractivity contribution is 9.10. The number of aliphatic hydroxyl groups excluding tert-OH is 1. The molecule has 5 heteroatoms. The van der Waals surface area contributed by atoms with Crippen LogP contribution in [0.15, 0.2) is 16.6 Å². The maximum atomic E-state index is 13.1. The summed E-state index contributed by atoms with van der Waals surface area (Å²) in [4.78, 5) is 0. The molecular weight excluding hydrogens is 256 g/mol. The molecule has 78 valence electrons. The first kappa shape index (κ1) is 11.4. The van der Waals surface area contributed by atoms with E-state index in [1.54, 1.807) is 0 Å². The van der Waals surface area contributed by atoms with Gasteiger partial charge in [-0.15, -0.1) is 0 Å². The van der Waals surface area contributed by atoms with Crippen LogP contribution in [-0.4, -0.2) is 18.3 Å². The van der Waals surface area contributed by atoms with Gasteiger partial charge in [0.1, 0.15) is 17.3 Å². The van der Waals surface area contributed by atoms with E-state index in [0.717, 1.165) is 0 Å². The quantitative estimate of drug-likeness (QED) is 0.821. The molecule has 0 unspecified atom stereocenters. The Morgan fingerprint density at radius 3 is 2.36 bits per heavy atom. The smallest absolute Gasteiger partial charge is 0.150 e. The first-order valence-corrected chi connectivity index (χ1v) is 4.93. The lowest BCUT2D eigenvalue weighted by Gasteiger charge is -2.08. The van der Waals surface area contributed by atoms with Gasteiger partial charge in [-0.1, -0.05) is 15.9 Å². The van der Waals surface area contributed by atoms with Gasteiger partial charge in [-0.3, -0.25) is 0 Å². The van der Waals surface area contributed by atoms with Gasteiger partial charge in [0, 0.05) is 17.6 Å². The summed E-state index contributed by atoms with van der Waals surface area (Å²) in [5.41, 5.74) is -0.151. The van der Waals surface area contributed by atoms with Crippen molar-refractivity contribution in [2.24, 2.45) is 0 Å². The van der Waals surface area contributed by atoms with E-state index in [1.807, 2.05) is 0 Å². The molecule has 0 aromatic heterocycles. The zero-order chi connectivity index (χ0) is 10.6. The van der Waals surface area contributed by atoms with E-state index in [1.165, 1.54) is 12.1 Å². The van der Waals surface area contributed by atoms with E-state index in [2.05, 4.69) is 21.2 Å². The molecule has 0 aliphatic carbocycles. The minimum absolute atomic E-state index is 0.00718. The molecule has 1 aromatic carbocycles. The molecule has 0 amide bonds. The van der Waals surface area contributed by atoms with Crippen molar-refractivity contribution in [2.45, 2.75) is 6.42 Å². The largest absolute Gasteiger partial charge is 0.396 e. The lowest BCUT2D eigenvalue weighted by molar-refractivity contribution is 0.292. The molecule has 0 aliphatic heterocycles. The Morgan fingerprint density at radius 2 is 1.86 bits per heavy atom. The van der Waals surface area contributed by atoms with Crippen molar-refractivity contribution < 1.29 is 13.9 Å². The Bertz CT molecular complexity index is 297. The SMILES string of the molecule is OCCCNc1c(F)cc(Br)cc1F. The van der Waals surface area contributed by atoms with Gasteiger partial charge in [0.15, 0.2) is 0 Å². The third kappa shape index (κ3) is 2.92. The number of hydrogen-bond donors (Lipinski definition) is 2. The molecule has 0 saturated carbocycles. The van der Waals surface area contributed by atoms with Crippen LogP contribution in [0, 0.1) is 11.6 Å². The molecule has 0 aliphatic rings. The summed E-state index contributed by atoms with van der Waals surface area (Å²) in [6.07, 6.45) is 0.453. The summed E-state index contributed by atoms with van der Waals surface area (Å²) in [5, 5.41) is 11.1. The van der Waals surface area contributed by atoms with Crippen LogP contribution >= 0.6 is 15.9 Å². The van der Waals surface area contributed by atoms with Crippen LogP contribution in [0.3, 0.4) is 0 Å². The minimum Gasteiger partial charge on any atom is -0.396 e. The Kier molecular flexibility index (Phi) is 4.28. The second-order valence-corrected chi connectivity index (χ2v) is 3.66. The average molecular weight is 266 g/mol. The van der Waals surface area contributed by atoms with E-state index in [4.69, 9.17) is 5.11 Å². The molecule has 0 bridgehead atoms. The van der Waals surface area contributed by atoms with Crippen LogP contribution in [0.25, 0.3) is 0 Å². The van der Waals surface area contributed by atoms with Gasteiger partial charge >= 0.3 is 0 Å². The van der Waals surface area contributed by atoms with Crippen molar-refractivity contribution in [2.75, 3.05) is 18.5 Å². The molecule has 14 heavy (non-hydrogen) atoms. The van der Waals surface area contributed by atoms with E-state index in [9.17, 15) is 8.78 Å². The van der Waals surface area contributed by atoms with Crippen molar-refractivity contribution in [3.8, 4) is 0 Å². The first-order valence-electron chi connectivity index (χ1n) is 4.14. The van der Waals surface area contributed by atoms with Crippen molar-refractivity contribution in [1.29, 1.82) is 0 Å². The van der Waals surface area contributed by atoms with Gasteiger partial charge in [0.2, 0.25) is 0 Å². The molecule has 0 spiro atoms. The fraction of sp³-hybridized carbons (Fsp3) is 0.333. The van der Waals surface area contributed by atoms with E-state index < -0.39 is 11.6 Å². The van der Waals surface area contributed by atoms with Crippen molar-refractivity contribution in [3.05, 3.63) is 28.2 Å². The highest BCUT2D eigenvalue weighted by Crippen LogP contribution is 2.23. The van der Waals surface area contributed by atoms with Gasteiger partial charge in [0.25, 0.3) is 0 Å². The van der Waals surface area contributed by atoms with Crippen LogP contribution in [0.4, 0.5) is 14.5 Å². The maximum absolute atomic E-state index is 13.1. The summed E-state index contributed by atoms with van der Waals surface area (Å²) in [6, 6.07) is 2.37. The third-order valence-corrected chi connectivity index (χ3v) is 2.10. The van der Waals surface area contributed by atoms with Gasteiger partial charge in [0.05, 0.1) is 0 Å². The van der Waals surface area contributed by atoms with Crippen LogP contribution in [0.1, 0.15) is 6.42 Å². The van der Waals surface area contributed by atoms with Crippen LogP contribution in [0.5, 0.6) is 0 Å². The molecular formula is C9H10BrF2NO. The fourth-order valence-corrected chi connectivity index (χ4v) is 1.41. The maximum Gasteiger partial charge on any atom is 0.150 e. The zero-order valence-electron chi connectivity index (χ0n) is 7.36. The average Bonchev–Trinajstić information content (AvgIpc) is 2.09. The number of nitrogens with one attached hydrogen (secondary N) is 1. The molecule has 0 radical (unpaired) electrons. The summed E-state index contributed by atoms with van der Waals surface area (Å²) in [5.74, 6) is -1.29. The number of aliphatic hydroxyl groups is 1. The summed E-state index contributed by atoms with van der Waals surface area (Å²) >= 11 is 2.98. The van der Waals surface area contributed by atoms with E-state index >= 15 is 0 Å². The van der Waals surface area contributed by atoms with E-state index in [-0.39, 0.29) is 12.3 Å². The Morgan fingerprint density at radius 1 is 1.29 bits per heavy atom. The predicted octanol–water partition coefficient (Wildman–Crippen LogP) is 2.52. The monoisotopic (exact) mass is 265 g/mol. The summed E-state index contributed by atoms with van der Waals surface area (Å²) in [7, 11) is 0. The lowest BCUT2D eigenvalue weighted by atomic mass is 10.3. The molecule has 1 aromatic rings. The number of halogens is 3. The van der Waals surface area contributed by atoms with Crippen LogP contribution in [-0.2, 0) is 0 Å². The zero-order valence-corrected chi connectivity index (χ0v) is 8.94. The Balaban J connectivity index is 2.75. The van der Waals surface area contributed by atoms with Crippen molar-refractivity contribution in [3.63, 3.8) is 0 Å². The Hall–Kier alpha value is -0.680. The normalized spacial score (nSPS) is 10.3. The molecule has 0 atom stereocenters. The van der Waals surface area contributed by atoms with Gasteiger partial charge < -0.3 is 10.4 Å². The van der Waals surface area contributed by atoms with Gasteiger partial charge in [-0.05, 0) is 18.6 Å². The van der Waals surface area contributed by atoms with Crippen molar-refractivity contribution >= 4 is 21.6 Å². The summed E-state index contributed by atoms with van der Waals surface area (Å²) < 4.78 is 26.6. The van der Waals surface area contributed by atoms with Crippen molar-refractivity contribution in [1.82, 2.24) is 0 Å². The lowest BCUT2D eigenvalue weighted by Crippen LogP contribution is -2.07. The topological polar surface area (TPSA) is 32.3 Å². The number of anilines is 1. The number of hydrogen-bond acceptors (Lipinski definition) is 2. The second kappa shape index (κ2) is 5.26. The minimum atomic E-state index is -0.644. The molecule has 1 rings (SSSR count). The highest BCUT2D eigenvalue weighted by atomic mass is 79.9. The number of benzene rings is 1. The number of rotatable bonds is 4. The first-order chi connectivity index (χ1) is 6.65. The molecule has 2 N–H and O–H groups in total. The second-order valence-electron chi connectivity index (χ2n) is 2.75. The standard InChI is InChI=1S/C9H10BrF2NO/c10-6-4-7(11)9(8(12)5-6)13-2-1-3-14/h4-5,13-14H,1-3H2. The third-order valence-electron chi connectivity index (χ3n) is 1.64. The molecule has 2 nitrogen and oxygen atoms in total. The summed E-state index contributed by atoms with van der Waals surface area (Å²) in [6.45, 7) is 0.332. The van der Waals surface area contributed by atoms with Crippen LogP contribution in [0.2, 0.25) is 0 Å². The highest BCUT2D eigenvalue weighted by Gasteiger charge is 2.09. The molecule has 0 heterocycles. The molecule has 0 saturated heterocycles. The Labute approximate surface area is 89.1 Å². The predicted molar refractivity (Wildman–Crippen MR) is 54.3 cm³/mol. The fourth-order valence-electron chi connectivity index (χ4n) is 1.00. The van der Waals surface area contributed by atoms with Crippen LogP contribution < -0.4 is 5.32 Å². The van der Waals surface area contributed by atoms with Gasteiger partial charge in [-0.2, -0.15) is 0 Å². The van der Waals surface area contributed by atoms with Gasteiger partial charge in [-0.25, -0.2) is 8.78 Å². The van der Waals surface area contributed by atoms with E-state index in [0.29, 0.717) is 17.4 Å².